The first-order valence-corrected chi connectivity index (χ1v) is 8.91. The number of amides is 2. The molecule has 1 unspecified atom stereocenters. The zero-order chi connectivity index (χ0) is 18.5. The summed E-state index contributed by atoms with van der Waals surface area (Å²) >= 11 is 0. The lowest BCUT2D eigenvalue weighted by Gasteiger charge is -2.37. The quantitative estimate of drug-likeness (QED) is 0.836. The van der Waals surface area contributed by atoms with E-state index in [1.54, 1.807) is 21.9 Å². The number of benzene rings is 1. The van der Waals surface area contributed by atoms with E-state index in [1.807, 2.05) is 0 Å². The number of nitrogens with zero attached hydrogens (tertiary/aromatic N) is 2. The van der Waals surface area contributed by atoms with Gasteiger partial charge >= 0.3 is 6.61 Å². The van der Waals surface area contributed by atoms with E-state index in [-0.39, 0.29) is 41.6 Å². The van der Waals surface area contributed by atoms with E-state index in [1.165, 1.54) is 12.1 Å². The van der Waals surface area contributed by atoms with E-state index in [2.05, 4.69) is 10.1 Å². The molecule has 2 amide bonds. The number of piperidine rings is 1. The van der Waals surface area contributed by atoms with Gasteiger partial charge in [0.25, 0.3) is 5.91 Å². The van der Waals surface area contributed by atoms with Crippen LogP contribution >= 0.6 is 12.4 Å². The number of piperazine rings is 1. The smallest absolute Gasteiger partial charge is 0.387 e. The van der Waals surface area contributed by atoms with Gasteiger partial charge in [-0.3, -0.25) is 9.59 Å². The number of carbonyl (C=O) groups is 2. The number of nitrogens with one attached hydrogen (secondary N) is 1. The second kappa shape index (κ2) is 9.85. The summed E-state index contributed by atoms with van der Waals surface area (Å²) in [6.07, 6.45) is 2.98. The van der Waals surface area contributed by atoms with Crippen LogP contribution in [0.4, 0.5) is 8.78 Å². The van der Waals surface area contributed by atoms with E-state index in [0.717, 1.165) is 25.8 Å². The molecule has 2 aliphatic heterocycles. The SMILES string of the molecule is Cl.O=C(c1ccccc1OC(F)F)N1CCN(C(=O)C2CCCCN2)CC1. The fourth-order valence-corrected chi connectivity index (χ4v) is 3.43. The Morgan fingerprint density at radius 3 is 2.37 bits per heavy atom. The summed E-state index contributed by atoms with van der Waals surface area (Å²) in [5.41, 5.74) is 0.113. The maximum atomic E-state index is 12.7. The fraction of sp³-hybridized carbons (Fsp3) is 0.556. The van der Waals surface area contributed by atoms with E-state index < -0.39 is 6.61 Å². The van der Waals surface area contributed by atoms with E-state index in [9.17, 15) is 18.4 Å². The summed E-state index contributed by atoms with van der Waals surface area (Å²) in [6, 6.07) is 5.85. The van der Waals surface area contributed by atoms with Crippen molar-refractivity contribution in [3.05, 3.63) is 29.8 Å². The standard InChI is InChI=1S/C18H23F2N3O3.ClH/c19-18(20)26-15-7-2-1-5-13(15)16(24)22-9-11-23(12-10-22)17(25)14-6-3-4-8-21-14;/h1-2,5,7,14,18,21H,3-4,6,8-12H2;1H. The Labute approximate surface area is 163 Å². The molecule has 1 atom stereocenters. The lowest BCUT2D eigenvalue weighted by molar-refractivity contribution is -0.135. The number of carbonyl (C=O) groups excluding carboxylic acids is 2. The van der Waals surface area contributed by atoms with E-state index >= 15 is 0 Å². The van der Waals surface area contributed by atoms with Crippen LogP contribution in [0.5, 0.6) is 5.75 Å². The summed E-state index contributed by atoms with van der Waals surface area (Å²) < 4.78 is 29.5. The molecule has 9 heteroatoms. The zero-order valence-electron chi connectivity index (χ0n) is 14.9. The number of para-hydroxylation sites is 1. The average molecular weight is 404 g/mol. The first-order chi connectivity index (χ1) is 12.6. The number of hydrogen-bond acceptors (Lipinski definition) is 4. The minimum atomic E-state index is -2.98. The molecule has 0 bridgehead atoms. The van der Waals surface area contributed by atoms with Gasteiger partial charge in [-0.25, -0.2) is 0 Å². The van der Waals surface area contributed by atoms with Crippen LogP contribution < -0.4 is 10.1 Å². The summed E-state index contributed by atoms with van der Waals surface area (Å²) in [7, 11) is 0. The van der Waals surface area contributed by atoms with Crippen LogP contribution in [-0.4, -0.2) is 67.0 Å². The van der Waals surface area contributed by atoms with Gasteiger partial charge in [-0.1, -0.05) is 18.6 Å². The van der Waals surface area contributed by atoms with Crippen molar-refractivity contribution < 1.29 is 23.1 Å². The van der Waals surface area contributed by atoms with Crippen LogP contribution in [0.15, 0.2) is 24.3 Å². The Hall–Kier alpha value is -1.93. The van der Waals surface area contributed by atoms with Crippen molar-refractivity contribution in [1.29, 1.82) is 0 Å². The fourth-order valence-electron chi connectivity index (χ4n) is 3.43. The predicted molar refractivity (Wildman–Crippen MR) is 98.4 cm³/mol. The maximum Gasteiger partial charge on any atom is 0.387 e. The van der Waals surface area contributed by atoms with Gasteiger partial charge in [0.05, 0.1) is 11.6 Å². The van der Waals surface area contributed by atoms with Gasteiger partial charge in [-0.15, -0.1) is 12.4 Å². The van der Waals surface area contributed by atoms with Crippen LogP contribution in [-0.2, 0) is 4.79 Å². The van der Waals surface area contributed by atoms with Crippen molar-refractivity contribution in [2.45, 2.75) is 31.9 Å². The minimum absolute atomic E-state index is 0. The van der Waals surface area contributed by atoms with E-state index in [4.69, 9.17) is 0 Å². The molecule has 2 fully saturated rings. The number of halogens is 3. The van der Waals surface area contributed by atoms with Gasteiger partial charge in [-0.2, -0.15) is 8.78 Å². The summed E-state index contributed by atoms with van der Waals surface area (Å²) in [6.45, 7) is -0.487. The van der Waals surface area contributed by atoms with Gasteiger partial charge in [0.2, 0.25) is 5.91 Å². The molecular weight excluding hydrogens is 380 g/mol. The number of rotatable bonds is 4. The van der Waals surface area contributed by atoms with Crippen molar-refractivity contribution >= 4 is 24.2 Å². The van der Waals surface area contributed by atoms with Crippen molar-refractivity contribution in [3.8, 4) is 5.75 Å². The molecule has 6 nitrogen and oxygen atoms in total. The molecular formula is C18H24ClF2N3O3. The van der Waals surface area contributed by atoms with Gasteiger partial charge in [0.15, 0.2) is 0 Å². The largest absolute Gasteiger partial charge is 0.434 e. The molecule has 2 heterocycles. The number of ether oxygens (including phenoxy) is 1. The molecule has 1 aromatic carbocycles. The number of alkyl halides is 2. The molecule has 2 aliphatic rings. The second-order valence-corrected chi connectivity index (χ2v) is 6.49. The third kappa shape index (κ3) is 5.29. The third-order valence-electron chi connectivity index (χ3n) is 4.82. The van der Waals surface area contributed by atoms with Crippen LogP contribution in [0, 0.1) is 0 Å². The van der Waals surface area contributed by atoms with Crippen LogP contribution in [0.2, 0.25) is 0 Å². The molecule has 0 radical (unpaired) electrons. The maximum absolute atomic E-state index is 12.7. The first-order valence-electron chi connectivity index (χ1n) is 8.91. The monoisotopic (exact) mass is 403 g/mol. The molecule has 1 aromatic rings. The Morgan fingerprint density at radius 1 is 1.07 bits per heavy atom. The topological polar surface area (TPSA) is 61.9 Å². The van der Waals surface area contributed by atoms with Crippen molar-refractivity contribution in [1.82, 2.24) is 15.1 Å². The Morgan fingerprint density at radius 2 is 1.74 bits per heavy atom. The molecule has 0 aliphatic carbocycles. The lowest BCUT2D eigenvalue weighted by Crippen LogP contribution is -2.55. The highest BCUT2D eigenvalue weighted by Gasteiger charge is 2.30. The van der Waals surface area contributed by atoms with Gasteiger partial charge < -0.3 is 19.9 Å². The highest BCUT2D eigenvalue weighted by Crippen LogP contribution is 2.22. The Bertz CT molecular complexity index is 648. The van der Waals surface area contributed by atoms with Crippen LogP contribution in [0.1, 0.15) is 29.6 Å². The van der Waals surface area contributed by atoms with Crippen molar-refractivity contribution in [3.63, 3.8) is 0 Å². The molecule has 27 heavy (non-hydrogen) atoms. The summed E-state index contributed by atoms with van der Waals surface area (Å²) in [5, 5.41) is 3.24. The third-order valence-corrected chi connectivity index (χ3v) is 4.82. The molecule has 0 spiro atoms. The van der Waals surface area contributed by atoms with Crippen LogP contribution in [0.3, 0.4) is 0 Å². The van der Waals surface area contributed by atoms with Crippen molar-refractivity contribution in [2.75, 3.05) is 32.7 Å². The predicted octanol–water partition coefficient (Wildman–Crippen LogP) is 2.14. The summed E-state index contributed by atoms with van der Waals surface area (Å²) in [4.78, 5) is 28.5. The Balaban J connectivity index is 0.00000261. The normalized spacial score (nSPS) is 20.2. The highest BCUT2D eigenvalue weighted by atomic mass is 35.5. The second-order valence-electron chi connectivity index (χ2n) is 6.49. The van der Waals surface area contributed by atoms with Gasteiger partial charge in [0, 0.05) is 26.2 Å². The molecule has 0 aromatic heterocycles. The van der Waals surface area contributed by atoms with Gasteiger partial charge in [-0.05, 0) is 31.5 Å². The molecule has 0 saturated carbocycles. The molecule has 1 N–H and O–H groups in total. The minimum Gasteiger partial charge on any atom is -0.434 e. The lowest BCUT2D eigenvalue weighted by atomic mass is 10.0. The zero-order valence-corrected chi connectivity index (χ0v) is 15.7. The van der Waals surface area contributed by atoms with E-state index in [0.29, 0.717) is 26.2 Å². The molecule has 2 saturated heterocycles. The van der Waals surface area contributed by atoms with Gasteiger partial charge in [0.1, 0.15) is 5.75 Å². The average Bonchev–Trinajstić information content (AvgIpc) is 2.68. The number of hydrogen-bond donors (Lipinski definition) is 1. The Kier molecular flexibility index (Phi) is 7.79. The molecule has 3 rings (SSSR count). The highest BCUT2D eigenvalue weighted by molar-refractivity contribution is 5.97. The first kappa shape index (κ1) is 21.4. The summed E-state index contributed by atoms with van der Waals surface area (Å²) in [5.74, 6) is -0.403. The van der Waals surface area contributed by atoms with Crippen molar-refractivity contribution in [2.24, 2.45) is 0 Å². The van der Waals surface area contributed by atoms with Crippen LogP contribution in [0.25, 0.3) is 0 Å². The molecule has 150 valence electrons.